The van der Waals surface area contributed by atoms with Gasteiger partial charge < -0.3 is 19.5 Å². The van der Waals surface area contributed by atoms with E-state index in [9.17, 15) is 18.3 Å². The van der Waals surface area contributed by atoms with Crippen molar-refractivity contribution >= 4 is 21.6 Å². The Kier molecular flexibility index (Phi) is 12.6. The van der Waals surface area contributed by atoms with Crippen LogP contribution in [0.4, 0.5) is 5.69 Å². The zero-order valence-electron chi connectivity index (χ0n) is 27.6. The fraction of sp³-hybridized carbons (Fsp3) is 0.486. The second-order valence-electron chi connectivity index (χ2n) is 12.5. The number of pyridine rings is 1. The van der Waals surface area contributed by atoms with Gasteiger partial charge in [0.15, 0.2) is 0 Å². The number of nitrogens with one attached hydrogen (secondary N) is 1. The number of fused-ring (bicyclic) bond motifs is 1. The first-order valence-corrected chi connectivity index (χ1v) is 17.5. The number of aromatic nitrogens is 1. The lowest BCUT2D eigenvalue weighted by Crippen LogP contribution is -2.47. The first-order chi connectivity index (χ1) is 22.0. The Morgan fingerprint density at radius 1 is 1.09 bits per heavy atom. The van der Waals surface area contributed by atoms with E-state index in [1.165, 1.54) is 6.07 Å². The van der Waals surface area contributed by atoms with Crippen LogP contribution >= 0.6 is 0 Å². The Balaban J connectivity index is 1.64. The number of rotatable bonds is 9. The van der Waals surface area contributed by atoms with Crippen LogP contribution in [0.25, 0.3) is 0 Å². The Morgan fingerprint density at radius 2 is 1.80 bits per heavy atom. The predicted molar refractivity (Wildman–Crippen MR) is 179 cm³/mol. The van der Waals surface area contributed by atoms with Crippen LogP contribution in [0.15, 0.2) is 71.9 Å². The number of amides is 1. The standard InChI is InChI=1S/C35H48N4O6S/c1-25-9-12-31(13-10-25)46(42,43)37-30-11-14-33-32(20-30)35(41)39(27(3)24-40)21-26(2)34(44-19-7-6-8-28(4)45-33)23-38(5)22-29-15-17-36-18-16-29/h9-18,20,26-28,34,37,40H,6-8,19,21-24H2,1-5H3/t26-,27-,28+,34+/m0/s1. The quantitative estimate of drug-likeness (QED) is 0.327. The monoisotopic (exact) mass is 652 g/mol. The van der Waals surface area contributed by atoms with Crippen LogP contribution in [0.2, 0.25) is 0 Å². The molecular weight excluding hydrogens is 604 g/mol. The van der Waals surface area contributed by atoms with Crippen molar-refractivity contribution in [2.45, 2.75) is 76.6 Å². The molecule has 4 atom stereocenters. The lowest BCUT2D eigenvalue weighted by molar-refractivity contribution is -0.0177. The number of aliphatic hydroxyl groups excluding tert-OH is 1. The summed E-state index contributed by atoms with van der Waals surface area (Å²) in [5, 5.41) is 10.2. The Bertz CT molecular complexity index is 1520. The fourth-order valence-corrected chi connectivity index (χ4v) is 6.60. The van der Waals surface area contributed by atoms with E-state index in [0.29, 0.717) is 25.4 Å². The van der Waals surface area contributed by atoms with Crippen molar-refractivity contribution in [3.05, 3.63) is 83.7 Å². The number of sulfonamides is 1. The molecule has 2 aromatic carbocycles. The lowest BCUT2D eigenvalue weighted by Gasteiger charge is -2.36. The molecule has 0 bridgehead atoms. The number of carbonyl (C=O) groups is 1. The first-order valence-electron chi connectivity index (χ1n) is 16.0. The molecule has 0 spiro atoms. The van der Waals surface area contributed by atoms with Gasteiger partial charge in [0.25, 0.3) is 15.9 Å². The molecule has 0 saturated heterocycles. The number of benzene rings is 2. The van der Waals surface area contributed by atoms with Gasteiger partial charge in [-0.3, -0.25) is 19.4 Å². The molecule has 0 saturated carbocycles. The number of carbonyl (C=O) groups excluding carboxylic acids is 1. The molecule has 1 amide bonds. The zero-order chi connectivity index (χ0) is 33.3. The SMILES string of the molecule is Cc1ccc(S(=O)(=O)Nc2ccc3c(c2)C(=O)N([C@@H](C)CO)C[C@H](C)[C@@H](CN(C)Cc2ccncc2)OCCCC[C@@H](C)O3)cc1. The molecule has 0 fully saturated rings. The van der Waals surface area contributed by atoms with Gasteiger partial charge in [0.05, 0.1) is 35.3 Å². The summed E-state index contributed by atoms with van der Waals surface area (Å²) in [6, 6.07) is 14.8. The largest absolute Gasteiger partial charge is 0.490 e. The van der Waals surface area contributed by atoms with Gasteiger partial charge in [-0.2, -0.15) is 0 Å². The van der Waals surface area contributed by atoms with Crippen LogP contribution in [0, 0.1) is 12.8 Å². The molecule has 46 heavy (non-hydrogen) atoms. The van der Waals surface area contributed by atoms with Gasteiger partial charge in [0.2, 0.25) is 0 Å². The van der Waals surface area contributed by atoms with Crippen LogP contribution in [-0.4, -0.2) is 85.8 Å². The van der Waals surface area contributed by atoms with Crippen molar-refractivity contribution < 1.29 is 27.8 Å². The molecular formula is C35H48N4O6S. The number of likely N-dealkylation sites (N-methyl/N-ethyl adjacent to an activating group) is 1. The van der Waals surface area contributed by atoms with Crippen molar-refractivity contribution in [2.75, 3.05) is 38.1 Å². The van der Waals surface area contributed by atoms with Crippen molar-refractivity contribution in [3.63, 3.8) is 0 Å². The van der Waals surface area contributed by atoms with E-state index in [2.05, 4.69) is 28.6 Å². The van der Waals surface area contributed by atoms with Crippen LogP contribution < -0.4 is 9.46 Å². The highest BCUT2D eigenvalue weighted by Gasteiger charge is 2.30. The molecule has 250 valence electrons. The minimum atomic E-state index is -3.90. The van der Waals surface area contributed by atoms with E-state index in [1.807, 2.05) is 26.0 Å². The van der Waals surface area contributed by atoms with E-state index < -0.39 is 16.1 Å². The summed E-state index contributed by atoms with van der Waals surface area (Å²) in [4.78, 5) is 22.4. The van der Waals surface area contributed by atoms with Gasteiger partial charge in [-0.05, 0) is 95.1 Å². The summed E-state index contributed by atoms with van der Waals surface area (Å²) in [6.07, 6.45) is 5.73. The van der Waals surface area contributed by atoms with Gasteiger partial charge in [0.1, 0.15) is 5.75 Å². The fourth-order valence-electron chi connectivity index (χ4n) is 5.55. The van der Waals surface area contributed by atoms with Crippen LogP contribution in [0.5, 0.6) is 5.75 Å². The average molecular weight is 653 g/mol. The second-order valence-corrected chi connectivity index (χ2v) is 14.2. The summed E-state index contributed by atoms with van der Waals surface area (Å²) >= 11 is 0. The molecule has 1 aliphatic heterocycles. The summed E-state index contributed by atoms with van der Waals surface area (Å²) in [7, 11) is -1.85. The smallest absolute Gasteiger partial charge is 0.261 e. The number of anilines is 1. The molecule has 4 rings (SSSR count). The number of nitrogens with zero attached hydrogens (tertiary/aromatic N) is 3. The molecule has 0 aliphatic carbocycles. The number of aliphatic hydroxyl groups is 1. The molecule has 0 radical (unpaired) electrons. The Morgan fingerprint density at radius 3 is 2.50 bits per heavy atom. The van der Waals surface area contributed by atoms with E-state index in [-0.39, 0.29) is 46.8 Å². The van der Waals surface area contributed by atoms with Gasteiger partial charge in [-0.15, -0.1) is 0 Å². The van der Waals surface area contributed by atoms with Crippen molar-refractivity contribution in [2.24, 2.45) is 5.92 Å². The molecule has 1 aromatic heterocycles. The minimum absolute atomic E-state index is 0.0766. The van der Waals surface area contributed by atoms with Gasteiger partial charge in [-0.25, -0.2) is 8.42 Å². The van der Waals surface area contributed by atoms with Gasteiger partial charge in [0, 0.05) is 50.2 Å². The Hall–Kier alpha value is -3.51. The highest BCUT2D eigenvalue weighted by molar-refractivity contribution is 7.92. The minimum Gasteiger partial charge on any atom is -0.490 e. The summed E-state index contributed by atoms with van der Waals surface area (Å²) < 4.78 is 41.8. The van der Waals surface area contributed by atoms with E-state index in [0.717, 1.165) is 36.9 Å². The first kappa shape index (κ1) is 35.3. The average Bonchev–Trinajstić information content (AvgIpc) is 3.03. The second kappa shape index (κ2) is 16.4. The molecule has 3 aromatic rings. The summed E-state index contributed by atoms with van der Waals surface area (Å²) in [5.41, 5.74) is 2.57. The predicted octanol–water partition coefficient (Wildman–Crippen LogP) is 5.12. The van der Waals surface area contributed by atoms with E-state index in [4.69, 9.17) is 9.47 Å². The molecule has 11 heteroatoms. The topological polar surface area (TPSA) is 121 Å². The third-order valence-electron chi connectivity index (χ3n) is 8.33. The highest BCUT2D eigenvalue weighted by atomic mass is 32.2. The number of hydrogen-bond donors (Lipinski definition) is 2. The molecule has 10 nitrogen and oxygen atoms in total. The highest BCUT2D eigenvalue weighted by Crippen LogP contribution is 2.29. The lowest BCUT2D eigenvalue weighted by atomic mass is 10.0. The molecule has 1 aliphatic rings. The third kappa shape index (κ3) is 9.75. The number of aryl methyl sites for hydroxylation is 1. The number of ether oxygens (including phenoxy) is 2. The van der Waals surface area contributed by atoms with E-state index in [1.54, 1.807) is 60.6 Å². The number of hydrogen-bond acceptors (Lipinski definition) is 8. The van der Waals surface area contributed by atoms with E-state index >= 15 is 0 Å². The third-order valence-corrected chi connectivity index (χ3v) is 9.73. The maximum Gasteiger partial charge on any atom is 0.261 e. The van der Waals surface area contributed by atoms with Crippen molar-refractivity contribution in [3.8, 4) is 5.75 Å². The molecule has 2 heterocycles. The van der Waals surface area contributed by atoms with Crippen molar-refractivity contribution in [1.82, 2.24) is 14.8 Å². The maximum atomic E-state index is 14.4. The van der Waals surface area contributed by atoms with Crippen LogP contribution in [0.3, 0.4) is 0 Å². The zero-order valence-corrected chi connectivity index (χ0v) is 28.4. The molecule has 0 unspecified atom stereocenters. The van der Waals surface area contributed by atoms with Crippen molar-refractivity contribution in [1.29, 1.82) is 0 Å². The summed E-state index contributed by atoms with van der Waals surface area (Å²) in [5.74, 6) is -0.0549. The normalized spacial score (nSPS) is 20.8. The van der Waals surface area contributed by atoms with Gasteiger partial charge in [-0.1, -0.05) is 24.6 Å². The maximum absolute atomic E-state index is 14.4. The molecule has 2 N–H and O–H groups in total. The van der Waals surface area contributed by atoms with Crippen LogP contribution in [-0.2, 0) is 21.3 Å². The Labute approximate surface area is 273 Å². The summed E-state index contributed by atoms with van der Waals surface area (Å²) in [6.45, 7) is 9.77. The van der Waals surface area contributed by atoms with Crippen LogP contribution in [0.1, 0.15) is 61.5 Å². The van der Waals surface area contributed by atoms with Gasteiger partial charge >= 0.3 is 0 Å².